The number of halogens is 1. The maximum atomic E-state index is 13.0. The third-order valence-corrected chi connectivity index (χ3v) is 2.38. The second kappa shape index (κ2) is 3.92. The van der Waals surface area contributed by atoms with Gasteiger partial charge in [-0.1, -0.05) is 6.92 Å². The van der Waals surface area contributed by atoms with E-state index in [1.54, 1.807) is 6.07 Å². The molecule has 5 heteroatoms. The van der Waals surface area contributed by atoms with Crippen molar-refractivity contribution in [3.8, 4) is 5.69 Å². The van der Waals surface area contributed by atoms with E-state index >= 15 is 0 Å². The third kappa shape index (κ3) is 1.76. The maximum absolute atomic E-state index is 13.0. The van der Waals surface area contributed by atoms with Gasteiger partial charge in [-0.15, -0.1) is 5.10 Å². The largest absolute Gasteiger partial charge is 0.368 e. The Kier molecular flexibility index (Phi) is 2.60. The number of aryl methyl sites for hydroxylation is 2. The smallest absolute Gasteiger partial charge is 0.223 e. The molecule has 0 fully saturated rings. The lowest BCUT2D eigenvalue weighted by Gasteiger charge is -2.06. The first-order valence-corrected chi connectivity index (χ1v) is 5.09. The number of anilines is 1. The van der Waals surface area contributed by atoms with E-state index in [-0.39, 0.29) is 5.82 Å². The summed E-state index contributed by atoms with van der Waals surface area (Å²) in [4.78, 5) is 4.10. The number of aromatic nitrogens is 3. The van der Waals surface area contributed by atoms with Crippen LogP contribution in [0.5, 0.6) is 0 Å². The maximum Gasteiger partial charge on any atom is 0.223 e. The molecule has 1 aromatic heterocycles. The van der Waals surface area contributed by atoms with E-state index < -0.39 is 0 Å². The van der Waals surface area contributed by atoms with Gasteiger partial charge in [-0.05, 0) is 30.7 Å². The Morgan fingerprint density at radius 1 is 1.44 bits per heavy atom. The molecule has 0 spiro atoms. The van der Waals surface area contributed by atoms with Gasteiger partial charge in [0.05, 0.1) is 5.69 Å². The highest BCUT2D eigenvalue weighted by atomic mass is 19.1. The fourth-order valence-corrected chi connectivity index (χ4v) is 1.55. The van der Waals surface area contributed by atoms with Gasteiger partial charge in [-0.3, -0.25) is 0 Å². The summed E-state index contributed by atoms with van der Waals surface area (Å²) < 4.78 is 14.5. The molecule has 0 unspecified atom stereocenters. The van der Waals surface area contributed by atoms with Crippen molar-refractivity contribution < 1.29 is 4.39 Å². The van der Waals surface area contributed by atoms with Crippen LogP contribution in [0.15, 0.2) is 18.2 Å². The van der Waals surface area contributed by atoms with Crippen LogP contribution in [0.1, 0.15) is 18.3 Å². The summed E-state index contributed by atoms with van der Waals surface area (Å²) in [5.41, 5.74) is 7.28. The zero-order chi connectivity index (χ0) is 11.7. The van der Waals surface area contributed by atoms with Crippen LogP contribution in [0, 0.1) is 12.7 Å². The molecule has 0 saturated heterocycles. The quantitative estimate of drug-likeness (QED) is 0.840. The highest BCUT2D eigenvalue weighted by molar-refractivity contribution is 5.43. The summed E-state index contributed by atoms with van der Waals surface area (Å²) in [5.74, 6) is 0.739. The van der Waals surface area contributed by atoms with Crippen LogP contribution >= 0.6 is 0 Å². The van der Waals surface area contributed by atoms with Crippen molar-refractivity contribution in [2.75, 3.05) is 5.73 Å². The SMILES string of the molecule is CCc1nc(N)n(-c2ccc(F)cc2C)n1. The van der Waals surface area contributed by atoms with Crippen LogP contribution in [0.3, 0.4) is 0 Å². The molecule has 0 saturated carbocycles. The topological polar surface area (TPSA) is 56.7 Å². The fraction of sp³-hybridized carbons (Fsp3) is 0.273. The van der Waals surface area contributed by atoms with Crippen LogP contribution in [0.2, 0.25) is 0 Å². The molecule has 0 radical (unpaired) electrons. The molecule has 2 N–H and O–H groups in total. The van der Waals surface area contributed by atoms with Crippen molar-refractivity contribution in [1.82, 2.24) is 14.8 Å². The van der Waals surface area contributed by atoms with Crippen molar-refractivity contribution in [3.05, 3.63) is 35.4 Å². The molecule has 1 aromatic carbocycles. The molecule has 16 heavy (non-hydrogen) atoms. The van der Waals surface area contributed by atoms with Gasteiger partial charge >= 0.3 is 0 Å². The zero-order valence-electron chi connectivity index (χ0n) is 9.24. The second-order valence-corrected chi connectivity index (χ2v) is 3.58. The van der Waals surface area contributed by atoms with Gasteiger partial charge < -0.3 is 5.73 Å². The van der Waals surface area contributed by atoms with Crippen molar-refractivity contribution in [1.29, 1.82) is 0 Å². The molecule has 2 rings (SSSR count). The van der Waals surface area contributed by atoms with Gasteiger partial charge in [0.2, 0.25) is 5.95 Å². The van der Waals surface area contributed by atoms with Gasteiger partial charge in [0, 0.05) is 6.42 Å². The monoisotopic (exact) mass is 220 g/mol. The fourth-order valence-electron chi connectivity index (χ4n) is 1.55. The first-order chi connectivity index (χ1) is 7.61. The Bertz CT molecular complexity index is 519. The molecule has 1 heterocycles. The van der Waals surface area contributed by atoms with E-state index in [2.05, 4.69) is 10.1 Å². The molecule has 0 bridgehead atoms. The molecule has 0 aliphatic heterocycles. The third-order valence-electron chi connectivity index (χ3n) is 2.38. The van der Waals surface area contributed by atoms with Gasteiger partial charge in [0.25, 0.3) is 0 Å². The van der Waals surface area contributed by atoms with Crippen molar-refractivity contribution in [2.45, 2.75) is 20.3 Å². The summed E-state index contributed by atoms with van der Waals surface area (Å²) in [5, 5.41) is 4.25. The minimum absolute atomic E-state index is 0.268. The minimum atomic E-state index is -0.268. The Labute approximate surface area is 92.9 Å². The first-order valence-electron chi connectivity index (χ1n) is 5.09. The average molecular weight is 220 g/mol. The number of nitrogens with two attached hydrogens (primary N) is 1. The predicted molar refractivity (Wildman–Crippen MR) is 59.8 cm³/mol. The van der Waals surface area contributed by atoms with Crippen LogP contribution in [-0.2, 0) is 6.42 Å². The van der Waals surface area contributed by atoms with Crippen LogP contribution in [0.25, 0.3) is 5.69 Å². The molecule has 0 aliphatic carbocycles. The Balaban J connectivity index is 2.53. The van der Waals surface area contributed by atoms with Gasteiger partial charge in [-0.2, -0.15) is 9.67 Å². The lowest BCUT2D eigenvalue weighted by molar-refractivity contribution is 0.625. The normalized spacial score (nSPS) is 10.7. The lowest BCUT2D eigenvalue weighted by atomic mass is 10.2. The molecular weight excluding hydrogens is 207 g/mol. The highest BCUT2D eigenvalue weighted by Crippen LogP contribution is 2.17. The standard InChI is InChI=1S/C11H13FN4/c1-3-10-14-11(13)16(15-10)9-5-4-8(12)6-7(9)2/h4-6H,3H2,1-2H3,(H2,13,14,15). The summed E-state index contributed by atoms with van der Waals surface area (Å²) >= 11 is 0. The number of nitrogens with zero attached hydrogens (tertiary/aromatic N) is 3. The molecule has 84 valence electrons. The Hall–Kier alpha value is -1.91. The predicted octanol–water partition coefficient (Wildman–Crippen LogP) is 1.86. The van der Waals surface area contributed by atoms with E-state index in [4.69, 9.17) is 5.73 Å². The van der Waals surface area contributed by atoms with Crippen molar-refractivity contribution >= 4 is 5.95 Å². The molecule has 0 amide bonds. The first kappa shape index (κ1) is 10.6. The molecule has 0 atom stereocenters. The van der Waals surface area contributed by atoms with Gasteiger partial charge in [0.15, 0.2) is 5.82 Å². The van der Waals surface area contributed by atoms with E-state index in [0.29, 0.717) is 11.8 Å². The molecule has 2 aromatic rings. The highest BCUT2D eigenvalue weighted by Gasteiger charge is 2.09. The van der Waals surface area contributed by atoms with Gasteiger partial charge in [0.1, 0.15) is 5.82 Å². The molecule has 0 aliphatic rings. The van der Waals surface area contributed by atoms with Crippen LogP contribution in [-0.4, -0.2) is 14.8 Å². The van der Waals surface area contributed by atoms with E-state index in [1.165, 1.54) is 16.8 Å². The van der Waals surface area contributed by atoms with Crippen molar-refractivity contribution in [2.24, 2.45) is 0 Å². The number of hydrogen-bond donors (Lipinski definition) is 1. The summed E-state index contributed by atoms with van der Waals surface area (Å²) in [6.45, 7) is 3.77. The van der Waals surface area contributed by atoms with Crippen LogP contribution in [0.4, 0.5) is 10.3 Å². The van der Waals surface area contributed by atoms with E-state index in [1.807, 2.05) is 13.8 Å². The van der Waals surface area contributed by atoms with Crippen molar-refractivity contribution in [3.63, 3.8) is 0 Å². The average Bonchev–Trinajstić information content (AvgIpc) is 2.60. The minimum Gasteiger partial charge on any atom is -0.368 e. The number of benzene rings is 1. The summed E-state index contributed by atoms with van der Waals surface area (Å²) in [6, 6.07) is 4.48. The zero-order valence-corrected chi connectivity index (χ0v) is 9.24. The summed E-state index contributed by atoms with van der Waals surface area (Å²) in [7, 11) is 0. The Morgan fingerprint density at radius 2 is 2.19 bits per heavy atom. The Morgan fingerprint density at radius 3 is 2.75 bits per heavy atom. The number of hydrogen-bond acceptors (Lipinski definition) is 3. The number of nitrogen functional groups attached to an aromatic ring is 1. The second-order valence-electron chi connectivity index (χ2n) is 3.58. The van der Waals surface area contributed by atoms with E-state index in [9.17, 15) is 4.39 Å². The van der Waals surface area contributed by atoms with Gasteiger partial charge in [-0.25, -0.2) is 4.39 Å². The summed E-state index contributed by atoms with van der Waals surface area (Å²) in [6.07, 6.45) is 0.720. The van der Waals surface area contributed by atoms with E-state index in [0.717, 1.165) is 17.7 Å². The van der Waals surface area contributed by atoms with Crippen LogP contribution < -0.4 is 5.73 Å². The lowest BCUT2D eigenvalue weighted by Crippen LogP contribution is -2.04. The molecular formula is C11H13FN4. The molecule has 4 nitrogen and oxygen atoms in total. The number of rotatable bonds is 2.